The van der Waals surface area contributed by atoms with Gasteiger partial charge in [0.15, 0.2) is 0 Å². The van der Waals surface area contributed by atoms with E-state index in [1.807, 2.05) is 61.5 Å². The van der Waals surface area contributed by atoms with E-state index in [1.54, 1.807) is 16.4 Å². The Morgan fingerprint density at radius 2 is 1.48 bits per heavy atom. The van der Waals surface area contributed by atoms with Gasteiger partial charge in [0.1, 0.15) is 0 Å². The Bertz CT molecular complexity index is 942. The Morgan fingerprint density at radius 3 is 2.07 bits per heavy atom. The van der Waals surface area contributed by atoms with Crippen molar-refractivity contribution >= 4 is 24.2 Å². The van der Waals surface area contributed by atoms with Crippen molar-refractivity contribution < 1.29 is 8.42 Å². The first-order chi connectivity index (χ1) is 12.7. The topological polar surface area (TPSA) is 37.1 Å². The zero-order chi connectivity index (χ0) is 19.7. The minimum Gasteiger partial charge on any atom is -0.207 e. The molecule has 1 saturated heterocycles. The van der Waals surface area contributed by atoms with Gasteiger partial charge in [-0.3, -0.25) is 0 Å². The maximum atomic E-state index is 13.1. The van der Waals surface area contributed by atoms with Crippen molar-refractivity contribution in [2.75, 3.05) is 0 Å². The molecule has 0 aliphatic carbocycles. The van der Waals surface area contributed by atoms with Gasteiger partial charge in [0, 0.05) is 0 Å². The normalized spacial score (nSPS) is 23.2. The van der Waals surface area contributed by atoms with E-state index in [0.29, 0.717) is 4.90 Å². The third-order valence-electron chi connectivity index (χ3n) is 4.52. The molecule has 1 aliphatic heterocycles. The predicted molar refractivity (Wildman–Crippen MR) is 116 cm³/mol. The van der Waals surface area contributed by atoms with Crippen LogP contribution in [0.1, 0.15) is 11.1 Å². The minimum absolute atomic E-state index is 0.108. The zero-order valence-corrected chi connectivity index (χ0v) is 18.1. The second-order valence-corrected chi connectivity index (χ2v) is 15.0. The minimum atomic E-state index is -3.51. The number of hydrogen-bond acceptors (Lipinski definition) is 2. The molecular formula is C22H27NO2SSi. The third kappa shape index (κ3) is 4.86. The summed E-state index contributed by atoms with van der Waals surface area (Å²) in [6.07, 6.45) is 6.09. The highest BCUT2D eigenvalue weighted by molar-refractivity contribution is 7.89. The van der Waals surface area contributed by atoms with Crippen LogP contribution in [0.15, 0.2) is 77.3 Å². The SMILES string of the molecule is Cc1ccc(S(=O)(=O)N2C(/C=C/c3ccccc3)C2/C=C/[Si](C)(C)C)cc1. The van der Waals surface area contributed by atoms with Crippen molar-refractivity contribution in [3.63, 3.8) is 0 Å². The van der Waals surface area contributed by atoms with E-state index in [2.05, 4.69) is 31.4 Å². The number of aryl methyl sites for hydroxylation is 1. The lowest BCUT2D eigenvalue weighted by Gasteiger charge is -2.08. The number of hydrogen-bond donors (Lipinski definition) is 0. The van der Waals surface area contributed by atoms with Crippen LogP contribution in [-0.4, -0.2) is 32.9 Å². The van der Waals surface area contributed by atoms with Crippen LogP contribution in [0.2, 0.25) is 19.6 Å². The van der Waals surface area contributed by atoms with Gasteiger partial charge < -0.3 is 0 Å². The molecule has 2 aromatic rings. The summed E-state index contributed by atoms with van der Waals surface area (Å²) in [7, 11) is -4.90. The summed E-state index contributed by atoms with van der Waals surface area (Å²) in [5, 5.41) is 0. The number of benzene rings is 2. The molecule has 0 aromatic heterocycles. The van der Waals surface area contributed by atoms with E-state index in [1.165, 1.54) is 0 Å². The molecule has 0 spiro atoms. The molecule has 3 unspecified atom stereocenters. The van der Waals surface area contributed by atoms with E-state index in [0.717, 1.165) is 11.1 Å². The van der Waals surface area contributed by atoms with Crippen molar-refractivity contribution in [3.05, 3.63) is 83.6 Å². The molecule has 27 heavy (non-hydrogen) atoms. The first-order valence-electron chi connectivity index (χ1n) is 9.21. The molecule has 3 rings (SSSR count). The Labute approximate surface area is 164 Å². The van der Waals surface area contributed by atoms with E-state index in [9.17, 15) is 8.42 Å². The highest BCUT2D eigenvalue weighted by Crippen LogP contribution is 2.38. The van der Waals surface area contributed by atoms with Gasteiger partial charge in [-0.1, -0.05) is 91.6 Å². The summed E-state index contributed by atoms with van der Waals surface area (Å²) < 4.78 is 27.9. The summed E-state index contributed by atoms with van der Waals surface area (Å²) in [4.78, 5) is 0.357. The molecule has 3 nitrogen and oxygen atoms in total. The Morgan fingerprint density at radius 1 is 0.889 bits per heavy atom. The lowest BCUT2D eigenvalue weighted by Crippen LogP contribution is -2.17. The third-order valence-corrected chi connectivity index (χ3v) is 7.63. The highest BCUT2D eigenvalue weighted by Gasteiger charge is 2.52. The van der Waals surface area contributed by atoms with Gasteiger partial charge in [0.05, 0.1) is 25.1 Å². The molecule has 0 amide bonds. The maximum Gasteiger partial charge on any atom is 0.244 e. The van der Waals surface area contributed by atoms with Crippen LogP contribution in [0.4, 0.5) is 0 Å². The summed E-state index contributed by atoms with van der Waals surface area (Å²) in [5.74, 6) is 0. The number of sulfonamides is 1. The molecule has 1 aliphatic rings. The molecule has 0 radical (unpaired) electrons. The van der Waals surface area contributed by atoms with Gasteiger partial charge in [0.2, 0.25) is 10.0 Å². The fourth-order valence-electron chi connectivity index (χ4n) is 2.96. The summed E-state index contributed by atoms with van der Waals surface area (Å²) in [6.45, 7) is 8.71. The average molecular weight is 398 g/mol. The smallest absolute Gasteiger partial charge is 0.207 e. The van der Waals surface area contributed by atoms with Crippen LogP contribution < -0.4 is 0 Å². The fraction of sp³-hybridized carbons (Fsp3) is 0.273. The van der Waals surface area contributed by atoms with Crippen molar-refractivity contribution in [2.45, 2.75) is 43.5 Å². The van der Waals surface area contributed by atoms with E-state index < -0.39 is 18.1 Å². The molecule has 0 saturated carbocycles. The largest absolute Gasteiger partial charge is 0.244 e. The second-order valence-electron chi connectivity index (χ2n) is 8.12. The first kappa shape index (κ1) is 19.8. The molecule has 1 fully saturated rings. The van der Waals surface area contributed by atoms with Crippen molar-refractivity contribution in [2.24, 2.45) is 0 Å². The molecule has 2 aromatic carbocycles. The van der Waals surface area contributed by atoms with Crippen LogP contribution in [0.5, 0.6) is 0 Å². The Kier molecular flexibility index (Phi) is 5.56. The van der Waals surface area contributed by atoms with Gasteiger partial charge in [-0.2, -0.15) is 4.31 Å². The van der Waals surface area contributed by atoms with Crippen LogP contribution in [0.25, 0.3) is 6.08 Å². The number of nitrogens with zero attached hydrogens (tertiary/aromatic N) is 1. The quantitative estimate of drug-likeness (QED) is 0.514. The van der Waals surface area contributed by atoms with Gasteiger partial charge in [-0.05, 0) is 24.6 Å². The fourth-order valence-corrected chi connectivity index (χ4v) is 5.43. The van der Waals surface area contributed by atoms with Gasteiger partial charge >= 0.3 is 0 Å². The van der Waals surface area contributed by atoms with Crippen LogP contribution in [-0.2, 0) is 10.0 Å². The van der Waals surface area contributed by atoms with Crippen LogP contribution in [0, 0.1) is 6.92 Å². The Hall–Kier alpha value is -1.95. The molecule has 0 bridgehead atoms. The summed E-state index contributed by atoms with van der Waals surface area (Å²) in [6, 6.07) is 16.8. The summed E-state index contributed by atoms with van der Waals surface area (Å²) >= 11 is 0. The first-order valence-corrected chi connectivity index (χ1v) is 14.2. The van der Waals surface area contributed by atoms with E-state index in [-0.39, 0.29) is 12.1 Å². The lowest BCUT2D eigenvalue weighted by molar-refractivity contribution is 0.554. The Balaban J connectivity index is 1.89. The predicted octanol–water partition coefficient (Wildman–Crippen LogP) is 4.88. The molecule has 5 heteroatoms. The van der Waals surface area contributed by atoms with Crippen molar-refractivity contribution in [1.29, 1.82) is 0 Å². The number of rotatable bonds is 6. The van der Waals surface area contributed by atoms with Crippen LogP contribution >= 0.6 is 0 Å². The van der Waals surface area contributed by atoms with Crippen molar-refractivity contribution in [3.8, 4) is 0 Å². The van der Waals surface area contributed by atoms with Crippen LogP contribution in [0.3, 0.4) is 0 Å². The van der Waals surface area contributed by atoms with Gasteiger partial charge in [0.25, 0.3) is 0 Å². The molecule has 142 valence electrons. The maximum absolute atomic E-state index is 13.1. The zero-order valence-electron chi connectivity index (χ0n) is 16.3. The summed E-state index contributed by atoms with van der Waals surface area (Å²) in [5.41, 5.74) is 4.35. The highest BCUT2D eigenvalue weighted by atomic mass is 32.2. The van der Waals surface area contributed by atoms with E-state index >= 15 is 0 Å². The van der Waals surface area contributed by atoms with Gasteiger partial charge in [-0.25, -0.2) is 8.42 Å². The standard InChI is InChI=1S/C22H27NO2SSi/c1-18-10-13-20(14-11-18)26(24,25)23-21(22(23)16-17-27(2,3)4)15-12-19-8-6-5-7-9-19/h5-17,21-22H,1-4H3/b15-12+,17-16+. The van der Waals surface area contributed by atoms with Gasteiger partial charge in [-0.15, -0.1) is 0 Å². The molecule has 1 heterocycles. The molecule has 0 N–H and O–H groups in total. The van der Waals surface area contributed by atoms with E-state index in [4.69, 9.17) is 0 Å². The second kappa shape index (κ2) is 7.58. The van der Waals surface area contributed by atoms with Crippen molar-refractivity contribution in [1.82, 2.24) is 4.31 Å². The molecule has 3 atom stereocenters. The monoisotopic (exact) mass is 397 g/mol. The average Bonchev–Trinajstić information content (AvgIpc) is 3.33. The lowest BCUT2D eigenvalue weighted by atomic mass is 10.2. The molecular weight excluding hydrogens is 370 g/mol.